The SMILES string of the molecule is NC1(C(=O)N2CCC[C@@H](CCc3cccc(F)c3)C2)CC1. The molecule has 1 aromatic rings. The predicted octanol–water partition coefficient (Wildman–Crippen LogP) is 2.49. The molecule has 1 heterocycles. The third kappa shape index (κ3) is 3.43. The van der Waals surface area contributed by atoms with Gasteiger partial charge in [-0.1, -0.05) is 12.1 Å². The largest absolute Gasteiger partial charge is 0.341 e. The number of amides is 1. The van der Waals surface area contributed by atoms with Crippen LogP contribution in [0, 0.1) is 11.7 Å². The second-order valence-corrected chi connectivity index (χ2v) is 6.58. The summed E-state index contributed by atoms with van der Waals surface area (Å²) in [6.45, 7) is 1.65. The lowest BCUT2D eigenvalue weighted by Crippen LogP contribution is -2.49. The van der Waals surface area contributed by atoms with E-state index >= 15 is 0 Å². The summed E-state index contributed by atoms with van der Waals surface area (Å²) in [5.41, 5.74) is 6.50. The lowest BCUT2D eigenvalue weighted by Gasteiger charge is -2.34. The van der Waals surface area contributed by atoms with E-state index in [0.29, 0.717) is 5.92 Å². The average molecular weight is 290 g/mol. The van der Waals surface area contributed by atoms with E-state index in [4.69, 9.17) is 5.73 Å². The molecule has 0 unspecified atom stereocenters. The molecule has 0 spiro atoms. The van der Waals surface area contributed by atoms with Crippen LogP contribution in [0.4, 0.5) is 4.39 Å². The number of hydrogen-bond acceptors (Lipinski definition) is 2. The van der Waals surface area contributed by atoms with Gasteiger partial charge >= 0.3 is 0 Å². The van der Waals surface area contributed by atoms with Crippen molar-refractivity contribution < 1.29 is 9.18 Å². The minimum atomic E-state index is -0.551. The summed E-state index contributed by atoms with van der Waals surface area (Å²) in [6, 6.07) is 6.80. The van der Waals surface area contributed by atoms with E-state index in [1.165, 1.54) is 6.07 Å². The average Bonchev–Trinajstić information content (AvgIpc) is 3.24. The zero-order valence-electron chi connectivity index (χ0n) is 12.4. The molecule has 1 amide bonds. The van der Waals surface area contributed by atoms with Crippen molar-refractivity contribution in [1.82, 2.24) is 4.90 Å². The van der Waals surface area contributed by atoms with Crippen LogP contribution in [0.5, 0.6) is 0 Å². The number of nitrogens with two attached hydrogens (primary N) is 1. The Morgan fingerprint density at radius 1 is 1.43 bits per heavy atom. The number of rotatable bonds is 4. The van der Waals surface area contributed by atoms with E-state index < -0.39 is 5.54 Å². The second kappa shape index (κ2) is 5.76. The Bertz CT molecular complexity index is 527. The molecule has 3 nitrogen and oxygen atoms in total. The highest BCUT2D eigenvalue weighted by molar-refractivity contribution is 5.89. The fourth-order valence-corrected chi connectivity index (χ4v) is 3.21. The van der Waals surface area contributed by atoms with Crippen LogP contribution in [0.3, 0.4) is 0 Å². The summed E-state index contributed by atoms with van der Waals surface area (Å²) < 4.78 is 13.2. The van der Waals surface area contributed by atoms with Crippen LogP contribution in [0.15, 0.2) is 24.3 Å². The number of carbonyl (C=O) groups is 1. The first kappa shape index (κ1) is 14.5. The molecule has 2 fully saturated rings. The summed E-state index contributed by atoms with van der Waals surface area (Å²) in [4.78, 5) is 14.2. The van der Waals surface area contributed by atoms with Crippen LogP contribution in [-0.2, 0) is 11.2 Å². The van der Waals surface area contributed by atoms with E-state index in [-0.39, 0.29) is 11.7 Å². The Labute approximate surface area is 125 Å². The minimum absolute atomic E-state index is 0.137. The lowest BCUT2D eigenvalue weighted by atomic mass is 9.91. The Kier molecular flexibility index (Phi) is 3.98. The molecule has 1 aliphatic heterocycles. The van der Waals surface area contributed by atoms with Crippen LogP contribution < -0.4 is 5.73 Å². The summed E-state index contributed by atoms with van der Waals surface area (Å²) >= 11 is 0. The number of halogens is 1. The van der Waals surface area contributed by atoms with E-state index in [9.17, 15) is 9.18 Å². The zero-order valence-corrected chi connectivity index (χ0v) is 12.4. The molecular weight excluding hydrogens is 267 g/mol. The normalized spacial score (nSPS) is 23.9. The molecule has 1 aromatic carbocycles. The number of benzene rings is 1. The molecule has 0 aromatic heterocycles. The van der Waals surface area contributed by atoms with Crippen molar-refractivity contribution in [3.8, 4) is 0 Å². The maximum Gasteiger partial charge on any atom is 0.242 e. The number of nitrogens with zero attached hydrogens (tertiary/aromatic N) is 1. The van der Waals surface area contributed by atoms with Gasteiger partial charge in [-0.3, -0.25) is 4.79 Å². The number of carbonyl (C=O) groups excluding carboxylic acids is 1. The molecular formula is C17H23FN2O. The monoisotopic (exact) mass is 290 g/mol. The first-order chi connectivity index (χ1) is 10.1. The van der Waals surface area contributed by atoms with E-state index in [1.807, 2.05) is 11.0 Å². The van der Waals surface area contributed by atoms with Gasteiger partial charge in [-0.15, -0.1) is 0 Å². The predicted molar refractivity (Wildman–Crippen MR) is 80.2 cm³/mol. The number of likely N-dealkylation sites (tertiary alicyclic amines) is 1. The standard InChI is InChI=1S/C17H23FN2O/c18-15-5-1-3-13(11-15)6-7-14-4-2-10-20(12-14)16(21)17(19)8-9-17/h1,3,5,11,14H,2,4,6-10,12,19H2/t14-/m0/s1. The van der Waals surface area contributed by atoms with Gasteiger partial charge in [0.2, 0.25) is 5.91 Å². The molecule has 114 valence electrons. The zero-order chi connectivity index (χ0) is 14.9. The molecule has 0 radical (unpaired) electrons. The Balaban J connectivity index is 1.53. The molecule has 1 saturated carbocycles. The smallest absolute Gasteiger partial charge is 0.242 e. The van der Waals surface area contributed by atoms with Gasteiger partial charge in [-0.2, -0.15) is 0 Å². The van der Waals surface area contributed by atoms with Gasteiger partial charge in [0, 0.05) is 13.1 Å². The van der Waals surface area contributed by atoms with Crippen LogP contribution >= 0.6 is 0 Å². The summed E-state index contributed by atoms with van der Waals surface area (Å²) in [6.07, 6.45) is 5.74. The van der Waals surface area contributed by atoms with E-state index in [1.54, 1.807) is 12.1 Å². The molecule has 2 aliphatic rings. The van der Waals surface area contributed by atoms with Gasteiger partial charge in [-0.25, -0.2) is 4.39 Å². The van der Waals surface area contributed by atoms with Crippen molar-refractivity contribution in [1.29, 1.82) is 0 Å². The first-order valence-corrected chi connectivity index (χ1v) is 7.89. The van der Waals surface area contributed by atoms with Crippen LogP contribution in [0.1, 0.15) is 37.7 Å². The summed E-state index contributed by atoms with van der Waals surface area (Å²) in [5, 5.41) is 0. The van der Waals surface area contributed by atoms with Gasteiger partial charge in [0.1, 0.15) is 5.82 Å². The summed E-state index contributed by atoms with van der Waals surface area (Å²) in [7, 11) is 0. The molecule has 1 saturated heterocycles. The Hall–Kier alpha value is -1.42. The highest BCUT2D eigenvalue weighted by Crippen LogP contribution is 2.35. The van der Waals surface area contributed by atoms with Gasteiger partial charge in [0.25, 0.3) is 0 Å². The minimum Gasteiger partial charge on any atom is -0.341 e. The van der Waals surface area contributed by atoms with Crippen LogP contribution in [0.2, 0.25) is 0 Å². The van der Waals surface area contributed by atoms with Crippen molar-refractivity contribution in [2.75, 3.05) is 13.1 Å². The third-order valence-corrected chi connectivity index (χ3v) is 4.75. The number of hydrogen-bond donors (Lipinski definition) is 1. The van der Waals surface area contributed by atoms with Crippen molar-refractivity contribution in [3.63, 3.8) is 0 Å². The number of aryl methyl sites for hydroxylation is 1. The van der Waals surface area contributed by atoms with Crippen LogP contribution in [-0.4, -0.2) is 29.4 Å². The van der Waals surface area contributed by atoms with Crippen molar-refractivity contribution in [2.45, 2.75) is 44.1 Å². The lowest BCUT2D eigenvalue weighted by molar-refractivity contribution is -0.135. The van der Waals surface area contributed by atoms with E-state index in [2.05, 4.69) is 0 Å². The van der Waals surface area contributed by atoms with Gasteiger partial charge in [-0.05, 0) is 62.1 Å². The van der Waals surface area contributed by atoms with Gasteiger partial charge < -0.3 is 10.6 Å². The molecule has 2 N–H and O–H groups in total. The quantitative estimate of drug-likeness (QED) is 0.926. The molecule has 21 heavy (non-hydrogen) atoms. The topological polar surface area (TPSA) is 46.3 Å². The first-order valence-electron chi connectivity index (χ1n) is 7.89. The molecule has 3 rings (SSSR count). The Morgan fingerprint density at radius 2 is 2.24 bits per heavy atom. The molecule has 1 atom stereocenters. The van der Waals surface area contributed by atoms with Gasteiger partial charge in [0.05, 0.1) is 5.54 Å². The van der Waals surface area contributed by atoms with Crippen molar-refractivity contribution in [3.05, 3.63) is 35.6 Å². The maximum absolute atomic E-state index is 13.2. The maximum atomic E-state index is 13.2. The Morgan fingerprint density at radius 3 is 2.95 bits per heavy atom. The second-order valence-electron chi connectivity index (χ2n) is 6.58. The fraction of sp³-hybridized carbons (Fsp3) is 0.588. The van der Waals surface area contributed by atoms with Gasteiger partial charge in [0.15, 0.2) is 0 Å². The van der Waals surface area contributed by atoms with Crippen LogP contribution in [0.25, 0.3) is 0 Å². The van der Waals surface area contributed by atoms with E-state index in [0.717, 1.165) is 57.2 Å². The summed E-state index contributed by atoms with van der Waals surface area (Å²) in [5.74, 6) is 0.470. The molecule has 0 bridgehead atoms. The molecule has 1 aliphatic carbocycles. The third-order valence-electron chi connectivity index (χ3n) is 4.75. The highest BCUT2D eigenvalue weighted by atomic mass is 19.1. The van der Waals surface area contributed by atoms with Crippen molar-refractivity contribution in [2.24, 2.45) is 11.7 Å². The van der Waals surface area contributed by atoms with Crippen molar-refractivity contribution >= 4 is 5.91 Å². The fourth-order valence-electron chi connectivity index (χ4n) is 3.21. The highest BCUT2D eigenvalue weighted by Gasteiger charge is 2.48. The number of piperidine rings is 1. The molecule has 4 heteroatoms.